The molecule has 1 unspecified atom stereocenters. The quantitative estimate of drug-likeness (QED) is 0.827. The molecule has 100 valence electrons. The van der Waals surface area contributed by atoms with Gasteiger partial charge in [-0.2, -0.15) is 11.8 Å². The summed E-state index contributed by atoms with van der Waals surface area (Å²) in [6.45, 7) is 2.22. The lowest BCUT2D eigenvalue weighted by Crippen LogP contribution is -2.14. The zero-order chi connectivity index (χ0) is 12.8. The summed E-state index contributed by atoms with van der Waals surface area (Å²) in [5.41, 5.74) is 9.00. The molecule has 0 spiro atoms. The van der Waals surface area contributed by atoms with Gasteiger partial charge in [0.2, 0.25) is 0 Å². The molecule has 1 aromatic carbocycles. The van der Waals surface area contributed by atoms with Gasteiger partial charge >= 0.3 is 0 Å². The fraction of sp³-hybridized carbons (Fsp3) is 0.625. The second kappa shape index (κ2) is 7.20. The van der Waals surface area contributed by atoms with Gasteiger partial charge in [0, 0.05) is 17.0 Å². The van der Waals surface area contributed by atoms with Gasteiger partial charge in [-0.15, -0.1) is 0 Å². The SMILES string of the molecule is CCCc1ccc(C(N)CSC2CCCC2)cc1. The Labute approximate surface area is 116 Å². The fourth-order valence-corrected chi connectivity index (χ4v) is 3.95. The third kappa shape index (κ3) is 4.03. The number of rotatable bonds is 6. The zero-order valence-corrected chi connectivity index (χ0v) is 12.2. The minimum Gasteiger partial charge on any atom is -0.323 e. The molecule has 1 nitrogen and oxygen atoms in total. The van der Waals surface area contributed by atoms with E-state index in [1.807, 2.05) is 0 Å². The highest BCUT2D eigenvalue weighted by molar-refractivity contribution is 7.99. The number of nitrogens with two attached hydrogens (primary N) is 1. The Kier molecular flexibility index (Phi) is 5.58. The monoisotopic (exact) mass is 263 g/mol. The molecule has 1 fully saturated rings. The minimum atomic E-state index is 0.200. The molecule has 0 aromatic heterocycles. The number of thioether (sulfide) groups is 1. The first-order valence-corrected chi connectivity index (χ1v) is 8.30. The average Bonchev–Trinajstić information content (AvgIpc) is 2.90. The molecule has 18 heavy (non-hydrogen) atoms. The van der Waals surface area contributed by atoms with E-state index in [0.717, 1.165) is 11.0 Å². The lowest BCUT2D eigenvalue weighted by Gasteiger charge is -2.15. The molecule has 0 amide bonds. The average molecular weight is 263 g/mol. The first-order chi connectivity index (χ1) is 8.79. The van der Waals surface area contributed by atoms with Crippen molar-refractivity contribution in [2.24, 2.45) is 5.73 Å². The van der Waals surface area contributed by atoms with Crippen molar-refractivity contribution in [1.82, 2.24) is 0 Å². The second-order valence-electron chi connectivity index (χ2n) is 5.34. The van der Waals surface area contributed by atoms with Gasteiger partial charge in [0.05, 0.1) is 0 Å². The van der Waals surface area contributed by atoms with Crippen molar-refractivity contribution in [1.29, 1.82) is 0 Å². The summed E-state index contributed by atoms with van der Waals surface area (Å²) < 4.78 is 0. The Bertz CT molecular complexity index is 341. The van der Waals surface area contributed by atoms with Gasteiger partial charge < -0.3 is 5.73 Å². The Hall–Kier alpha value is -0.470. The molecule has 0 bridgehead atoms. The molecule has 2 heteroatoms. The molecule has 0 aliphatic heterocycles. The number of aryl methyl sites for hydroxylation is 1. The van der Waals surface area contributed by atoms with Crippen LogP contribution in [-0.4, -0.2) is 11.0 Å². The summed E-state index contributed by atoms with van der Waals surface area (Å²) >= 11 is 2.08. The van der Waals surface area contributed by atoms with E-state index in [1.54, 1.807) is 0 Å². The molecular formula is C16H25NS. The highest BCUT2D eigenvalue weighted by Gasteiger charge is 2.17. The van der Waals surface area contributed by atoms with E-state index < -0.39 is 0 Å². The van der Waals surface area contributed by atoms with E-state index in [1.165, 1.54) is 49.7 Å². The van der Waals surface area contributed by atoms with Crippen molar-refractivity contribution in [2.45, 2.75) is 56.7 Å². The van der Waals surface area contributed by atoms with Crippen LogP contribution in [0.4, 0.5) is 0 Å². The van der Waals surface area contributed by atoms with Crippen LogP contribution in [-0.2, 0) is 6.42 Å². The lowest BCUT2D eigenvalue weighted by molar-refractivity contribution is 0.817. The summed E-state index contributed by atoms with van der Waals surface area (Å²) in [6, 6.07) is 9.10. The molecule has 1 aliphatic carbocycles. The van der Waals surface area contributed by atoms with Crippen LogP contribution < -0.4 is 5.73 Å². The standard InChI is InChI=1S/C16H25NS/c1-2-5-13-8-10-14(11-9-13)16(17)12-18-15-6-3-4-7-15/h8-11,15-16H,2-7,12,17H2,1H3. The number of benzene rings is 1. The van der Waals surface area contributed by atoms with E-state index in [0.29, 0.717) is 0 Å². The Morgan fingerprint density at radius 3 is 2.50 bits per heavy atom. The van der Waals surface area contributed by atoms with Gasteiger partial charge in [0.15, 0.2) is 0 Å². The molecule has 2 rings (SSSR count). The van der Waals surface area contributed by atoms with Crippen molar-refractivity contribution >= 4 is 11.8 Å². The van der Waals surface area contributed by atoms with Crippen LogP contribution in [0.2, 0.25) is 0 Å². The fourth-order valence-electron chi connectivity index (χ4n) is 2.61. The Morgan fingerprint density at radius 2 is 1.89 bits per heavy atom. The summed E-state index contributed by atoms with van der Waals surface area (Å²) in [6.07, 6.45) is 8.01. The van der Waals surface area contributed by atoms with Crippen LogP contribution in [0.15, 0.2) is 24.3 Å². The molecule has 0 heterocycles. The van der Waals surface area contributed by atoms with Crippen LogP contribution in [0.3, 0.4) is 0 Å². The lowest BCUT2D eigenvalue weighted by atomic mass is 10.0. The van der Waals surface area contributed by atoms with Gasteiger partial charge in [0.1, 0.15) is 0 Å². The molecule has 2 N–H and O–H groups in total. The van der Waals surface area contributed by atoms with Crippen LogP contribution >= 0.6 is 11.8 Å². The van der Waals surface area contributed by atoms with Crippen molar-refractivity contribution < 1.29 is 0 Å². The third-order valence-electron chi connectivity index (χ3n) is 3.76. The first kappa shape index (κ1) is 14.0. The van der Waals surface area contributed by atoms with Crippen LogP contribution in [0.5, 0.6) is 0 Å². The molecule has 0 saturated heterocycles. The predicted molar refractivity (Wildman–Crippen MR) is 82.1 cm³/mol. The zero-order valence-electron chi connectivity index (χ0n) is 11.4. The van der Waals surface area contributed by atoms with Crippen molar-refractivity contribution in [2.75, 3.05) is 5.75 Å². The van der Waals surface area contributed by atoms with Crippen LogP contribution in [0, 0.1) is 0 Å². The molecule has 1 aliphatic rings. The Balaban J connectivity index is 1.81. The number of hydrogen-bond acceptors (Lipinski definition) is 2. The van der Waals surface area contributed by atoms with Crippen molar-refractivity contribution in [3.8, 4) is 0 Å². The van der Waals surface area contributed by atoms with E-state index in [4.69, 9.17) is 5.73 Å². The van der Waals surface area contributed by atoms with E-state index >= 15 is 0 Å². The molecule has 1 aromatic rings. The van der Waals surface area contributed by atoms with Gasteiger partial charge in [-0.05, 0) is 30.4 Å². The van der Waals surface area contributed by atoms with E-state index in [-0.39, 0.29) is 6.04 Å². The summed E-state index contributed by atoms with van der Waals surface area (Å²) in [7, 11) is 0. The van der Waals surface area contributed by atoms with Crippen LogP contribution in [0.25, 0.3) is 0 Å². The smallest absolute Gasteiger partial charge is 0.0386 e. The van der Waals surface area contributed by atoms with Gasteiger partial charge in [0.25, 0.3) is 0 Å². The van der Waals surface area contributed by atoms with E-state index in [9.17, 15) is 0 Å². The predicted octanol–water partition coefficient (Wildman–Crippen LogP) is 4.31. The third-order valence-corrected chi connectivity index (χ3v) is 5.25. The van der Waals surface area contributed by atoms with E-state index in [2.05, 4.69) is 43.0 Å². The molecule has 0 radical (unpaired) electrons. The maximum atomic E-state index is 6.28. The molecule has 1 saturated carbocycles. The molecule has 1 atom stereocenters. The van der Waals surface area contributed by atoms with Crippen molar-refractivity contribution in [3.05, 3.63) is 35.4 Å². The topological polar surface area (TPSA) is 26.0 Å². The summed E-state index contributed by atoms with van der Waals surface area (Å²) in [5, 5.41) is 0.871. The van der Waals surface area contributed by atoms with Crippen molar-refractivity contribution in [3.63, 3.8) is 0 Å². The van der Waals surface area contributed by atoms with Crippen LogP contribution in [0.1, 0.15) is 56.2 Å². The van der Waals surface area contributed by atoms with Gasteiger partial charge in [-0.3, -0.25) is 0 Å². The highest BCUT2D eigenvalue weighted by Crippen LogP contribution is 2.31. The van der Waals surface area contributed by atoms with Gasteiger partial charge in [-0.1, -0.05) is 50.5 Å². The normalized spacial score (nSPS) is 18.1. The highest BCUT2D eigenvalue weighted by atomic mass is 32.2. The Morgan fingerprint density at radius 1 is 1.22 bits per heavy atom. The maximum Gasteiger partial charge on any atom is 0.0386 e. The minimum absolute atomic E-state index is 0.200. The number of hydrogen-bond donors (Lipinski definition) is 1. The second-order valence-corrected chi connectivity index (χ2v) is 6.67. The molecular weight excluding hydrogens is 238 g/mol. The first-order valence-electron chi connectivity index (χ1n) is 7.25. The summed E-state index contributed by atoms with van der Waals surface area (Å²) in [5.74, 6) is 1.07. The summed E-state index contributed by atoms with van der Waals surface area (Å²) in [4.78, 5) is 0. The van der Waals surface area contributed by atoms with Gasteiger partial charge in [-0.25, -0.2) is 0 Å². The largest absolute Gasteiger partial charge is 0.323 e. The maximum absolute atomic E-state index is 6.28.